The van der Waals surface area contributed by atoms with Gasteiger partial charge in [-0.15, -0.1) is 0 Å². The predicted molar refractivity (Wildman–Crippen MR) is 64.7 cm³/mol. The average Bonchev–Trinajstić information content (AvgIpc) is 2.33. The van der Waals surface area contributed by atoms with Crippen molar-refractivity contribution in [3.05, 3.63) is 29.3 Å². The minimum atomic E-state index is -0.860. The molecule has 2 rings (SSSR count). The molecule has 1 fully saturated rings. The van der Waals surface area contributed by atoms with Crippen LogP contribution >= 0.6 is 11.6 Å². The second kappa shape index (κ2) is 5.27. The molecule has 0 saturated carbocycles. The summed E-state index contributed by atoms with van der Waals surface area (Å²) >= 11 is 5.99. The molecule has 0 bridgehead atoms. The van der Waals surface area contributed by atoms with Crippen molar-refractivity contribution in [1.82, 2.24) is 4.90 Å². The summed E-state index contributed by atoms with van der Waals surface area (Å²) in [6, 6.07) is 7.32. The van der Waals surface area contributed by atoms with Gasteiger partial charge in [-0.2, -0.15) is 0 Å². The lowest BCUT2D eigenvalue weighted by molar-refractivity contribution is 0.0895. The highest BCUT2D eigenvalue weighted by molar-refractivity contribution is 6.32. The number of hydrogen-bond donors (Lipinski definition) is 1. The molecule has 17 heavy (non-hydrogen) atoms. The van der Waals surface area contributed by atoms with Gasteiger partial charge in [-0.25, -0.2) is 4.79 Å². The lowest BCUT2D eigenvalue weighted by atomic mass is 10.1. The van der Waals surface area contributed by atoms with Gasteiger partial charge < -0.3 is 14.7 Å². The van der Waals surface area contributed by atoms with E-state index in [2.05, 4.69) is 0 Å². The van der Waals surface area contributed by atoms with E-state index in [9.17, 15) is 4.79 Å². The molecule has 0 unspecified atom stereocenters. The first-order valence-electron chi connectivity index (χ1n) is 5.56. The smallest absolute Gasteiger partial charge is 0.407 e. The number of likely N-dealkylation sites (tertiary alicyclic amines) is 1. The summed E-state index contributed by atoms with van der Waals surface area (Å²) in [5.41, 5.74) is 0. The normalized spacial score (nSPS) is 16.9. The number of piperidine rings is 1. The van der Waals surface area contributed by atoms with E-state index >= 15 is 0 Å². The quantitative estimate of drug-likeness (QED) is 0.884. The van der Waals surface area contributed by atoms with Crippen LogP contribution in [0.15, 0.2) is 24.3 Å². The van der Waals surface area contributed by atoms with Crippen LogP contribution in [0, 0.1) is 0 Å². The number of ether oxygens (including phenoxy) is 1. The molecule has 0 aromatic heterocycles. The van der Waals surface area contributed by atoms with Crippen molar-refractivity contribution in [2.24, 2.45) is 0 Å². The Hall–Kier alpha value is -1.42. The van der Waals surface area contributed by atoms with E-state index in [0.717, 1.165) is 0 Å². The molecule has 0 aliphatic carbocycles. The van der Waals surface area contributed by atoms with Crippen LogP contribution in [0.1, 0.15) is 12.8 Å². The molecule has 5 heteroatoms. The molecule has 1 N–H and O–H groups in total. The van der Waals surface area contributed by atoms with E-state index < -0.39 is 6.09 Å². The summed E-state index contributed by atoms with van der Waals surface area (Å²) in [6.45, 7) is 1.04. The Balaban J connectivity index is 1.90. The number of benzene rings is 1. The fourth-order valence-corrected chi connectivity index (χ4v) is 2.07. The molecular formula is C12H14ClNO3. The van der Waals surface area contributed by atoms with Crippen molar-refractivity contribution in [1.29, 1.82) is 0 Å². The van der Waals surface area contributed by atoms with E-state index in [1.54, 1.807) is 6.07 Å². The van der Waals surface area contributed by atoms with Crippen LogP contribution in [-0.2, 0) is 0 Å². The maximum Gasteiger partial charge on any atom is 0.407 e. The monoisotopic (exact) mass is 255 g/mol. The van der Waals surface area contributed by atoms with E-state index in [1.807, 2.05) is 18.2 Å². The number of halogens is 1. The third-order valence-electron chi connectivity index (χ3n) is 2.84. The fraction of sp³-hybridized carbons (Fsp3) is 0.417. The van der Waals surface area contributed by atoms with Crippen LogP contribution < -0.4 is 4.74 Å². The molecule has 1 saturated heterocycles. The molecule has 1 aliphatic rings. The van der Waals surface area contributed by atoms with Gasteiger partial charge in [0.05, 0.1) is 5.02 Å². The van der Waals surface area contributed by atoms with E-state index in [1.165, 1.54) is 4.90 Å². The maximum atomic E-state index is 10.7. The van der Waals surface area contributed by atoms with Crippen molar-refractivity contribution >= 4 is 17.7 Å². The average molecular weight is 256 g/mol. The predicted octanol–water partition coefficient (Wildman–Crippen LogP) is 2.86. The van der Waals surface area contributed by atoms with Crippen molar-refractivity contribution in [2.45, 2.75) is 18.9 Å². The SMILES string of the molecule is O=C(O)N1CCC(Oc2ccccc2Cl)CC1. The summed E-state index contributed by atoms with van der Waals surface area (Å²) in [6.07, 6.45) is 0.599. The number of amides is 1. The van der Waals surface area contributed by atoms with Gasteiger partial charge in [-0.1, -0.05) is 23.7 Å². The zero-order valence-electron chi connectivity index (χ0n) is 9.30. The van der Waals surface area contributed by atoms with Gasteiger partial charge in [0.25, 0.3) is 0 Å². The first-order chi connectivity index (χ1) is 8.16. The first-order valence-corrected chi connectivity index (χ1v) is 5.93. The number of carbonyl (C=O) groups is 1. The summed E-state index contributed by atoms with van der Waals surface area (Å²) < 4.78 is 5.76. The van der Waals surface area contributed by atoms with Crippen LogP contribution in [0.2, 0.25) is 5.02 Å². The molecule has 92 valence electrons. The Morgan fingerprint density at radius 1 is 1.35 bits per heavy atom. The number of carboxylic acid groups (broad SMARTS) is 1. The molecule has 0 spiro atoms. The highest BCUT2D eigenvalue weighted by atomic mass is 35.5. The van der Waals surface area contributed by atoms with Gasteiger partial charge in [-0.3, -0.25) is 0 Å². The molecule has 4 nitrogen and oxygen atoms in total. The van der Waals surface area contributed by atoms with Crippen LogP contribution in [0.3, 0.4) is 0 Å². The lowest BCUT2D eigenvalue weighted by Gasteiger charge is -2.30. The topological polar surface area (TPSA) is 49.8 Å². The molecule has 1 amide bonds. The van der Waals surface area contributed by atoms with Gasteiger partial charge in [0.2, 0.25) is 0 Å². The van der Waals surface area contributed by atoms with Crippen LogP contribution in [0.4, 0.5) is 4.79 Å². The minimum Gasteiger partial charge on any atom is -0.489 e. The summed E-state index contributed by atoms with van der Waals surface area (Å²) in [5.74, 6) is 0.669. The molecule has 0 atom stereocenters. The van der Waals surface area contributed by atoms with Crippen molar-refractivity contribution in [2.75, 3.05) is 13.1 Å². The van der Waals surface area contributed by atoms with Crippen molar-refractivity contribution in [3.8, 4) is 5.75 Å². The van der Waals surface area contributed by atoms with E-state index in [0.29, 0.717) is 36.7 Å². The largest absolute Gasteiger partial charge is 0.489 e. The molecule has 0 radical (unpaired) electrons. The second-order valence-corrected chi connectivity index (χ2v) is 4.42. The third kappa shape index (κ3) is 3.03. The van der Waals surface area contributed by atoms with Crippen LogP contribution in [-0.4, -0.2) is 35.3 Å². The Bertz CT molecular complexity index is 402. The Kier molecular flexibility index (Phi) is 3.74. The number of nitrogens with zero attached hydrogens (tertiary/aromatic N) is 1. The van der Waals surface area contributed by atoms with Crippen molar-refractivity contribution in [3.63, 3.8) is 0 Å². The van der Waals surface area contributed by atoms with Gasteiger partial charge >= 0.3 is 6.09 Å². The Morgan fingerprint density at radius 2 is 2.00 bits per heavy atom. The highest BCUT2D eigenvalue weighted by Gasteiger charge is 2.23. The van der Waals surface area contributed by atoms with Gasteiger partial charge in [0, 0.05) is 25.9 Å². The number of para-hydroxylation sites is 1. The standard InChI is InChI=1S/C12H14ClNO3/c13-10-3-1-2-4-11(10)17-9-5-7-14(8-6-9)12(15)16/h1-4,9H,5-8H2,(H,15,16). The van der Waals surface area contributed by atoms with Gasteiger partial charge in [-0.05, 0) is 12.1 Å². The van der Waals surface area contributed by atoms with E-state index in [-0.39, 0.29) is 6.10 Å². The molecular weight excluding hydrogens is 242 g/mol. The second-order valence-electron chi connectivity index (χ2n) is 4.02. The number of hydrogen-bond acceptors (Lipinski definition) is 2. The molecule has 1 heterocycles. The summed E-state index contributed by atoms with van der Waals surface area (Å²) in [5, 5.41) is 9.41. The lowest BCUT2D eigenvalue weighted by Crippen LogP contribution is -2.41. The maximum absolute atomic E-state index is 10.7. The first kappa shape index (κ1) is 12.0. The highest BCUT2D eigenvalue weighted by Crippen LogP contribution is 2.26. The van der Waals surface area contributed by atoms with Gasteiger partial charge in [0.1, 0.15) is 11.9 Å². The Morgan fingerprint density at radius 3 is 2.59 bits per heavy atom. The third-order valence-corrected chi connectivity index (χ3v) is 3.16. The molecule has 1 aliphatic heterocycles. The van der Waals surface area contributed by atoms with Crippen LogP contribution in [0.5, 0.6) is 5.75 Å². The Labute approximate surface area is 105 Å². The molecule has 1 aromatic rings. The fourth-order valence-electron chi connectivity index (χ4n) is 1.88. The number of rotatable bonds is 2. The zero-order chi connectivity index (χ0) is 12.3. The zero-order valence-corrected chi connectivity index (χ0v) is 10.1. The van der Waals surface area contributed by atoms with Crippen molar-refractivity contribution < 1.29 is 14.6 Å². The molecule has 1 aromatic carbocycles. The van der Waals surface area contributed by atoms with Crippen LogP contribution in [0.25, 0.3) is 0 Å². The summed E-state index contributed by atoms with van der Waals surface area (Å²) in [7, 11) is 0. The minimum absolute atomic E-state index is 0.0468. The van der Waals surface area contributed by atoms with E-state index in [4.69, 9.17) is 21.4 Å². The summed E-state index contributed by atoms with van der Waals surface area (Å²) in [4.78, 5) is 12.1. The van der Waals surface area contributed by atoms with Gasteiger partial charge in [0.15, 0.2) is 0 Å².